The van der Waals surface area contributed by atoms with E-state index in [0.29, 0.717) is 22.9 Å². The molecular formula is C14H17ClO3. The molecule has 1 atom stereocenters. The number of hydrogen-bond donors (Lipinski definition) is 0. The van der Waals surface area contributed by atoms with Crippen molar-refractivity contribution in [2.75, 3.05) is 6.61 Å². The summed E-state index contributed by atoms with van der Waals surface area (Å²) >= 11 is 5.82. The fourth-order valence-corrected chi connectivity index (χ4v) is 2.30. The first-order valence-corrected chi connectivity index (χ1v) is 6.43. The Hall–Kier alpha value is -1.06. The summed E-state index contributed by atoms with van der Waals surface area (Å²) in [6, 6.07) is 5.03. The third-order valence-electron chi connectivity index (χ3n) is 3.08. The lowest BCUT2D eigenvalue weighted by Gasteiger charge is -2.19. The van der Waals surface area contributed by atoms with Gasteiger partial charge in [0.1, 0.15) is 12.4 Å². The summed E-state index contributed by atoms with van der Waals surface area (Å²) in [6.45, 7) is 4.62. The van der Waals surface area contributed by atoms with Crippen LogP contribution in [0, 0.1) is 0 Å². The molecule has 1 aliphatic heterocycles. The lowest BCUT2D eigenvalue weighted by Crippen LogP contribution is -2.24. The SMILES string of the molecule is CC1(C)CCC(COc2ccc(Cl)cc2C=O)O1. The molecule has 1 aromatic rings. The first kappa shape index (κ1) is 13.4. The average molecular weight is 269 g/mol. The minimum atomic E-state index is -0.0679. The van der Waals surface area contributed by atoms with Crippen LogP contribution in [0.1, 0.15) is 37.0 Å². The second kappa shape index (κ2) is 5.29. The molecule has 4 heteroatoms. The third-order valence-corrected chi connectivity index (χ3v) is 3.31. The first-order chi connectivity index (χ1) is 8.50. The van der Waals surface area contributed by atoms with Crippen LogP contribution in [0.4, 0.5) is 0 Å². The summed E-state index contributed by atoms with van der Waals surface area (Å²) in [6.07, 6.45) is 2.86. The van der Waals surface area contributed by atoms with Gasteiger partial charge in [0.2, 0.25) is 0 Å². The zero-order valence-corrected chi connectivity index (χ0v) is 11.4. The molecule has 0 amide bonds. The van der Waals surface area contributed by atoms with Crippen molar-refractivity contribution in [2.24, 2.45) is 0 Å². The van der Waals surface area contributed by atoms with Gasteiger partial charge in [0.25, 0.3) is 0 Å². The zero-order valence-electron chi connectivity index (χ0n) is 10.6. The van der Waals surface area contributed by atoms with Crippen LogP contribution in [0.15, 0.2) is 18.2 Å². The van der Waals surface area contributed by atoms with Crippen LogP contribution in [-0.4, -0.2) is 24.6 Å². The fourth-order valence-electron chi connectivity index (χ4n) is 2.12. The zero-order chi connectivity index (χ0) is 13.2. The van der Waals surface area contributed by atoms with Crippen LogP contribution in [-0.2, 0) is 4.74 Å². The molecular weight excluding hydrogens is 252 g/mol. The minimum Gasteiger partial charge on any atom is -0.490 e. The van der Waals surface area contributed by atoms with E-state index in [1.807, 2.05) is 0 Å². The molecule has 0 spiro atoms. The van der Waals surface area contributed by atoms with Gasteiger partial charge in [0.15, 0.2) is 6.29 Å². The molecule has 2 rings (SSSR count). The predicted molar refractivity (Wildman–Crippen MR) is 70.5 cm³/mol. The molecule has 0 bridgehead atoms. The monoisotopic (exact) mass is 268 g/mol. The number of carbonyl (C=O) groups excluding carboxylic acids is 1. The van der Waals surface area contributed by atoms with Gasteiger partial charge in [-0.1, -0.05) is 11.6 Å². The summed E-state index contributed by atoms with van der Waals surface area (Å²) in [7, 11) is 0. The van der Waals surface area contributed by atoms with Gasteiger partial charge in [-0.15, -0.1) is 0 Å². The second-order valence-corrected chi connectivity index (χ2v) is 5.59. The molecule has 0 saturated carbocycles. The van der Waals surface area contributed by atoms with E-state index in [9.17, 15) is 4.79 Å². The number of ether oxygens (including phenoxy) is 2. The van der Waals surface area contributed by atoms with Gasteiger partial charge < -0.3 is 9.47 Å². The minimum absolute atomic E-state index is 0.0679. The van der Waals surface area contributed by atoms with E-state index in [4.69, 9.17) is 21.1 Å². The van der Waals surface area contributed by atoms with Crippen molar-refractivity contribution in [2.45, 2.75) is 38.4 Å². The molecule has 18 heavy (non-hydrogen) atoms. The van der Waals surface area contributed by atoms with Crippen LogP contribution < -0.4 is 4.74 Å². The van der Waals surface area contributed by atoms with Gasteiger partial charge in [-0.25, -0.2) is 0 Å². The van der Waals surface area contributed by atoms with E-state index in [2.05, 4.69) is 13.8 Å². The van der Waals surface area contributed by atoms with Crippen molar-refractivity contribution in [1.82, 2.24) is 0 Å². The van der Waals surface area contributed by atoms with Crippen molar-refractivity contribution in [3.8, 4) is 5.75 Å². The molecule has 0 aromatic heterocycles. The van der Waals surface area contributed by atoms with Crippen LogP contribution >= 0.6 is 11.6 Å². The quantitative estimate of drug-likeness (QED) is 0.784. The Morgan fingerprint density at radius 3 is 2.94 bits per heavy atom. The Labute approximate surface area is 112 Å². The Morgan fingerprint density at radius 1 is 1.56 bits per heavy atom. The van der Waals surface area contributed by atoms with Crippen molar-refractivity contribution < 1.29 is 14.3 Å². The maximum atomic E-state index is 10.9. The van der Waals surface area contributed by atoms with E-state index < -0.39 is 0 Å². The number of benzene rings is 1. The van der Waals surface area contributed by atoms with Gasteiger partial charge in [0.05, 0.1) is 17.3 Å². The van der Waals surface area contributed by atoms with Gasteiger partial charge in [-0.2, -0.15) is 0 Å². The molecule has 1 aliphatic rings. The molecule has 1 unspecified atom stereocenters. The Morgan fingerprint density at radius 2 is 2.33 bits per heavy atom. The van der Waals surface area contributed by atoms with E-state index >= 15 is 0 Å². The van der Waals surface area contributed by atoms with Gasteiger partial charge >= 0.3 is 0 Å². The highest BCUT2D eigenvalue weighted by molar-refractivity contribution is 6.30. The third kappa shape index (κ3) is 3.24. The molecule has 0 radical (unpaired) electrons. The highest BCUT2D eigenvalue weighted by Crippen LogP contribution is 2.30. The number of rotatable bonds is 4. The molecule has 1 saturated heterocycles. The lowest BCUT2D eigenvalue weighted by atomic mass is 10.1. The molecule has 1 heterocycles. The standard InChI is InChI=1S/C14H17ClO3/c1-14(2)6-5-12(18-14)9-17-13-4-3-11(15)7-10(13)8-16/h3-4,7-8,12H,5-6,9H2,1-2H3. The molecule has 1 aromatic carbocycles. The van der Waals surface area contributed by atoms with Crippen LogP contribution in [0.5, 0.6) is 5.75 Å². The number of hydrogen-bond acceptors (Lipinski definition) is 3. The largest absolute Gasteiger partial charge is 0.490 e. The Kier molecular flexibility index (Phi) is 3.93. The van der Waals surface area contributed by atoms with E-state index in [1.54, 1.807) is 18.2 Å². The van der Waals surface area contributed by atoms with Gasteiger partial charge in [0, 0.05) is 5.02 Å². The highest BCUT2D eigenvalue weighted by Gasteiger charge is 2.31. The predicted octanol–water partition coefficient (Wildman–Crippen LogP) is 3.49. The van der Waals surface area contributed by atoms with Crippen molar-refractivity contribution in [3.05, 3.63) is 28.8 Å². The topological polar surface area (TPSA) is 35.5 Å². The number of aldehydes is 1. The maximum absolute atomic E-state index is 10.9. The molecule has 0 N–H and O–H groups in total. The Balaban J connectivity index is 1.96. The van der Waals surface area contributed by atoms with E-state index in [0.717, 1.165) is 19.1 Å². The molecule has 0 aliphatic carbocycles. The maximum Gasteiger partial charge on any atom is 0.153 e. The number of carbonyl (C=O) groups is 1. The first-order valence-electron chi connectivity index (χ1n) is 6.05. The highest BCUT2D eigenvalue weighted by atomic mass is 35.5. The van der Waals surface area contributed by atoms with Crippen LogP contribution in [0.2, 0.25) is 5.02 Å². The molecule has 1 fully saturated rings. The summed E-state index contributed by atoms with van der Waals surface area (Å²) < 4.78 is 11.5. The van der Waals surface area contributed by atoms with Gasteiger partial charge in [-0.05, 0) is 44.9 Å². The van der Waals surface area contributed by atoms with Gasteiger partial charge in [-0.3, -0.25) is 4.79 Å². The molecule has 3 nitrogen and oxygen atoms in total. The summed E-state index contributed by atoms with van der Waals surface area (Å²) in [4.78, 5) is 10.9. The van der Waals surface area contributed by atoms with E-state index in [1.165, 1.54) is 0 Å². The van der Waals surface area contributed by atoms with Crippen LogP contribution in [0.25, 0.3) is 0 Å². The Bertz CT molecular complexity index is 443. The fraction of sp³-hybridized carbons (Fsp3) is 0.500. The summed E-state index contributed by atoms with van der Waals surface area (Å²) in [5, 5.41) is 0.530. The average Bonchev–Trinajstić information content (AvgIpc) is 2.67. The normalized spacial score (nSPS) is 21.8. The summed E-state index contributed by atoms with van der Waals surface area (Å²) in [5.41, 5.74) is 0.404. The van der Waals surface area contributed by atoms with Crippen LogP contribution in [0.3, 0.4) is 0 Å². The van der Waals surface area contributed by atoms with Crippen molar-refractivity contribution >= 4 is 17.9 Å². The van der Waals surface area contributed by atoms with E-state index in [-0.39, 0.29) is 11.7 Å². The lowest BCUT2D eigenvalue weighted by molar-refractivity contribution is -0.0327. The van der Waals surface area contributed by atoms with Crippen molar-refractivity contribution in [1.29, 1.82) is 0 Å². The van der Waals surface area contributed by atoms with Crippen molar-refractivity contribution in [3.63, 3.8) is 0 Å². The summed E-state index contributed by atoms with van der Waals surface area (Å²) in [5.74, 6) is 0.558. The molecule has 98 valence electrons. The second-order valence-electron chi connectivity index (χ2n) is 5.15. The smallest absolute Gasteiger partial charge is 0.153 e. The number of halogens is 1.